The van der Waals surface area contributed by atoms with Crippen LogP contribution in [-0.4, -0.2) is 33.3 Å². The maximum Gasteiger partial charge on any atom is 0.191 e. The van der Waals surface area contributed by atoms with Crippen molar-refractivity contribution in [2.75, 3.05) is 27.0 Å². The van der Waals surface area contributed by atoms with Gasteiger partial charge in [-0.3, -0.25) is 0 Å². The summed E-state index contributed by atoms with van der Waals surface area (Å²) in [5.74, 6) is 0. The second kappa shape index (κ2) is 6.99. The third-order valence-corrected chi connectivity index (χ3v) is 7.60. The minimum Gasteiger partial charge on any atom is -0.352 e. The number of benzene rings is 2. The quantitative estimate of drug-likeness (QED) is 0.601. The van der Waals surface area contributed by atoms with Crippen LogP contribution in [-0.2, 0) is 9.47 Å². The van der Waals surface area contributed by atoms with Crippen molar-refractivity contribution in [3.63, 3.8) is 0 Å². The van der Waals surface area contributed by atoms with E-state index in [4.69, 9.17) is 9.47 Å². The first-order valence-corrected chi connectivity index (χ1v) is 9.15. The van der Waals surface area contributed by atoms with E-state index < -0.39 is 7.26 Å². The van der Waals surface area contributed by atoms with E-state index in [1.807, 2.05) is 0 Å². The average Bonchev–Trinajstić information content (AvgIpc) is 2.54. The highest BCUT2D eigenvalue weighted by molar-refractivity contribution is 7.88. The van der Waals surface area contributed by atoms with Gasteiger partial charge < -0.3 is 9.47 Å². The molecule has 20 heavy (non-hydrogen) atoms. The molecule has 2 rings (SSSR count). The van der Waals surface area contributed by atoms with Gasteiger partial charge in [0.15, 0.2) is 6.29 Å². The van der Waals surface area contributed by atoms with Gasteiger partial charge in [0.05, 0.1) is 24.5 Å². The topological polar surface area (TPSA) is 18.5 Å². The van der Waals surface area contributed by atoms with E-state index in [0.717, 1.165) is 6.16 Å². The molecule has 0 atom stereocenters. The zero-order valence-electron chi connectivity index (χ0n) is 12.3. The van der Waals surface area contributed by atoms with Gasteiger partial charge in [0.1, 0.15) is 6.16 Å². The molecule has 0 unspecified atom stereocenters. The van der Waals surface area contributed by atoms with Gasteiger partial charge in [-0.2, -0.15) is 0 Å². The maximum absolute atomic E-state index is 5.44. The van der Waals surface area contributed by atoms with Crippen LogP contribution in [0.25, 0.3) is 0 Å². The molecule has 0 bridgehead atoms. The van der Waals surface area contributed by atoms with Crippen molar-refractivity contribution >= 4 is 17.9 Å². The highest BCUT2D eigenvalue weighted by atomic mass is 31.2. The molecule has 0 N–H and O–H groups in total. The van der Waals surface area contributed by atoms with Gasteiger partial charge in [-0.15, -0.1) is 0 Å². The lowest BCUT2D eigenvalue weighted by Gasteiger charge is -2.26. The predicted molar refractivity (Wildman–Crippen MR) is 87.7 cm³/mol. The molecule has 0 saturated carbocycles. The van der Waals surface area contributed by atoms with Gasteiger partial charge in [0.2, 0.25) is 0 Å². The first-order chi connectivity index (χ1) is 9.70. The van der Waals surface area contributed by atoms with Gasteiger partial charge in [-0.05, 0) is 24.3 Å². The minimum atomic E-state index is -1.51. The number of ether oxygens (including phenoxy) is 2. The second-order valence-electron chi connectivity index (χ2n) is 4.95. The first-order valence-electron chi connectivity index (χ1n) is 6.73. The summed E-state index contributed by atoms with van der Waals surface area (Å²) in [6.07, 6.45) is 0.711. The fourth-order valence-electron chi connectivity index (χ4n) is 2.42. The largest absolute Gasteiger partial charge is 0.352 e. The lowest BCUT2D eigenvalue weighted by molar-refractivity contribution is -0.0850. The Labute approximate surface area is 122 Å². The Bertz CT molecular complexity index is 470. The van der Waals surface area contributed by atoms with Gasteiger partial charge in [-0.25, -0.2) is 0 Å². The first kappa shape index (κ1) is 15.2. The molecule has 0 amide bonds. The SMILES string of the molecule is COC(C[P+](C)(c1ccccc1)c1ccccc1)OC. The fraction of sp³-hybridized carbons (Fsp3) is 0.294. The summed E-state index contributed by atoms with van der Waals surface area (Å²) < 4.78 is 10.9. The lowest BCUT2D eigenvalue weighted by atomic mass is 10.4. The lowest BCUT2D eigenvalue weighted by Crippen LogP contribution is -2.31. The van der Waals surface area contributed by atoms with Gasteiger partial charge >= 0.3 is 0 Å². The average molecular weight is 289 g/mol. The predicted octanol–water partition coefficient (Wildman–Crippen LogP) is 2.90. The Morgan fingerprint density at radius 3 is 1.55 bits per heavy atom. The van der Waals surface area contributed by atoms with E-state index in [-0.39, 0.29) is 6.29 Å². The van der Waals surface area contributed by atoms with Gasteiger partial charge in [0, 0.05) is 14.2 Å². The van der Waals surface area contributed by atoms with E-state index in [1.165, 1.54) is 10.6 Å². The highest BCUT2D eigenvalue weighted by Gasteiger charge is 2.40. The van der Waals surface area contributed by atoms with Crippen molar-refractivity contribution < 1.29 is 9.47 Å². The maximum atomic E-state index is 5.44. The number of hydrogen-bond donors (Lipinski definition) is 0. The van der Waals surface area contributed by atoms with Crippen molar-refractivity contribution in [1.82, 2.24) is 0 Å². The molecule has 0 aliphatic carbocycles. The van der Waals surface area contributed by atoms with E-state index in [1.54, 1.807) is 14.2 Å². The Hall–Kier alpha value is -1.21. The molecule has 2 aromatic rings. The Kier molecular flexibility index (Phi) is 5.31. The highest BCUT2D eigenvalue weighted by Crippen LogP contribution is 2.53. The van der Waals surface area contributed by atoms with Crippen molar-refractivity contribution in [1.29, 1.82) is 0 Å². The van der Waals surface area contributed by atoms with Crippen LogP contribution < -0.4 is 10.6 Å². The summed E-state index contributed by atoms with van der Waals surface area (Å²) in [4.78, 5) is 0. The molecule has 106 valence electrons. The molecule has 0 aromatic heterocycles. The summed E-state index contributed by atoms with van der Waals surface area (Å²) in [7, 11) is 1.89. The molecule has 3 heteroatoms. The summed E-state index contributed by atoms with van der Waals surface area (Å²) in [6.45, 7) is 2.35. The van der Waals surface area contributed by atoms with Crippen LogP contribution in [0.3, 0.4) is 0 Å². The Morgan fingerprint density at radius 2 is 1.20 bits per heavy atom. The summed E-state index contributed by atoms with van der Waals surface area (Å²) in [6, 6.07) is 21.4. The number of hydrogen-bond acceptors (Lipinski definition) is 2. The molecule has 0 radical (unpaired) electrons. The van der Waals surface area contributed by atoms with Crippen molar-refractivity contribution in [2.24, 2.45) is 0 Å². The monoisotopic (exact) mass is 289 g/mol. The minimum absolute atomic E-state index is 0.172. The molecule has 0 heterocycles. The van der Waals surface area contributed by atoms with Crippen LogP contribution in [0.1, 0.15) is 0 Å². The summed E-state index contributed by atoms with van der Waals surface area (Å²) in [5, 5.41) is 2.76. The van der Waals surface area contributed by atoms with Crippen molar-refractivity contribution in [2.45, 2.75) is 6.29 Å². The molecular formula is C17H22O2P+. The summed E-state index contributed by atoms with van der Waals surface area (Å²) >= 11 is 0. The van der Waals surface area contributed by atoms with Crippen LogP contribution >= 0.6 is 7.26 Å². The molecule has 2 aromatic carbocycles. The van der Waals surface area contributed by atoms with Crippen LogP contribution in [0.4, 0.5) is 0 Å². The van der Waals surface area contributed by atoms with E-state index >= 15 is 0 Å². The number of rotatable bonds is 6. The molecule has 0 fully saturated rings. The number of methoxy groups -OCH3 is 2. The third kappa shape index (κ3) is 3.27. The second-order valence-corrected chi connectivity index (χ2v) is 8.73. The normalized spacial score (nSPS) is 11.8. The molecule has 0 saturated heterocycles. The molecule has 0 aliphatic heterocycles. The van der Waals surface area contributed by atoms with E-state index in [0.29, 0.717) is 0 Å². The van der Waals surface area contributed by atoms with Crippen molar-refractivity contribution in [3.05, 3.63) is 60.7 Å². The van der Waals surface area contributed by atoms with E-state index in [9.17, 15) is 0 Å². The molecule has 0 spiro atoms. The molecular weight excluding hydrogens is 267 g/mol. The fourth-order valence-corrected chi connectivity index (χ4v) is 5.69. The Morgan fingerprint density at radius 1 is 0.800 bits per heavy atom. The van der Waals surface area contributed by atoms with E-state index in [2.05, 4.69) is 67.3 Å². The standard InChI is InChI=1S/C17H22O2P/c1-18-17(19-2)14-20(3,15-10-6-4-7-11-15)16-12-8-5-9-13-16/h4-13,17H,14H2,1-3H3/q+1. The van der Waals surface area contributed by atoms with Crippen LogP contribution in [0.5, 0.6) is 0 Å². The molecule has 2 nitrogen and oxygen atoms in total. The third-order valence-electron chi connectivity index (χ3n) is 3.69. The van der Waals surface area contributed by atoms with Crippen LogP contribution in [0.15, 0.2) is 60.7 Å². The van der Waals surface area contributed by atoms with Gasteiger partial charge in [-0.1, -0.05) is 36.4 Å². The smallest absolute Gasteiger partial charge is 0.191 e. The Balaban J connectivity index is 2.43. The van der Waals surface area contributed by atoms with Crippen LogP contribution in [0, 0.1) is 0 Å². The zero-order chi connectivity index (χ0) is 14.4. The van der Waals surface area contributed by atoms with Gasteiger partial charge in [0.25, 0.3) is 0 Å². The van der Waals surface area contributed by atoms with Crippen molar-refractivity contribution in [3.8, 4) is 0 Å². The summed E-state index contributed by atoms with van der Waals surface area (Å²) in [5.41, 5.74) is 0. The zero-order valence-corrected chi connectivity index (χ0v) is 13.2. The molecule has 0 aliphatic rings. The van der Waals surface area contributed by atoms with Crippen LogP contribution in [0.2, 0.25) is 0 Å².